The summed E-state index contributed by atoms with van der Waals surface area (Å²) in [6.07, 6.45) is -2.91. The van der Waals surface area contributed by atoms with Crippen LogP contribution in [-0.2, 0) is 28.5 Å². The summed E-state index contributed by atoms with van der Waals surface area (Å²) in [5, 5.41) is 23.2. The molecule has 0 aromatic carbocycles. The number of aliphatic hydroxyl groups excluding tert-OH is 1. The summed E-state index contributed by atoms with van der Waals surface area (Å²) < 4.78 is 21.3. The summed E-state index contributed by atoms with van der Waals surface area (Å²) in [5.41, 5.74) is -0.808. The van der Waals surface area contributed by atoms with Gasteiger partial charge in [-0.1, -0.05) is 5.16 Å². The third-order valence-electron chi connectivity index (χ3n) is 3.39. The zero-order chi connectivity index (χ0) is 17.2. The zero-order valence-electron chi connectivity index (χ0n) is 13.0. The molecule has 2 saturated heterocycles. The summed E-state index contributed by atoms with van der Waals surface area (Å²) >= 11 is 0. The fraction of sp³-hybridized carbons (Fsp3) is 0.769. The Morgan fingerprint density at radius 2 is 1.96 bits per heavy atom. The minimum absolute atomic E-state index is 0.0213. The number of ether oxygens (including phenoxy) is 4. The van der Waals surface area contributed by atoms with Gasteiger partial charge in [-0.15, -0.1) is 0 Å². The van der Waals surface area contributed by atoms with Gasteiger partial charge in [0.15, 0.2) is 12.0 Å². The van der Waals surface area contributed by atoms with Crippen LogP contribution in [0.4, 0.5) is 0 Å². The number of fused-ring (bicyclic) bond motifs is 1. The number of nitrogens with zero attached hydrogens (tertiary/aromatic N) is 1. The molecule has 0 aromatic heterocycles. The number of carbonyl (C=O) groups excluding carboxylic acids is 2. The van der Waals surface area contributed by atoms with Gasteiger partial charge in [-0.25, -0.2) is 4.79 Å². The van der Waals surface area contributed by atoms with E-state index >= 15 is 0 Å². The summed E-state index contributed by atoms with van der Waals surface area (Å²) in [4.78, 5) is 23.6. The maximum absolute atomic E-state index is 12.0. The third-order valence-corrected chi connectivity index (χ3v) is 3.39. The smallest absolute Gasteiger partial charge is 0.366 e. The van der Waals surface area contributed by atoms with Crippen molar-refractivity contribution < 1.29 is 38.9 Å². The van der Waals surface area contributed by atoms with Crippen molar-refractivity contribution in [3.8, 4) is 0 Å². The molecule has 23 heavy (non-hydrogen) atoms. The molecule has 3 N–H and O–H groups in total. The van der Waals surface area contributed by atoms with Crippen LogP contribution < -0.4 is 5.32 Å². The van der Waals surface area contributed by atoms with E-state index in [-0.39, 0.29) is 13.2 Å². The number of hydrogen-bond acceptors (Lipinski definition) is 9. The Kier molecular flexibility index (Phi) is 5.19. The van der Waals surface area contributed by atoms with Gasteiger partial charge < -0.3 is 34.6 Å². The molecule has 0 radical (unpaired) electrons. The predicted molar refractivity (Wildman–Crippen MR) is 73.6 cm³/mol. The Hall–Kier alpha value is -1.75. The first-order valence-corrected chi connectivity index (χ1v) is 7.15. The Morgan fingerprint density at radius 1 is 1.30 bits per heavy atom. The lowest BCUT2D eigenvalue weighted by molar-refractivity contribution is -0.193. The second-order valence-electron chi connectivity index (χ2n) is 5.49. The van der Waals surface area contributed by atoms with E-state index in [9.17, 15) is 14.7 Å². The molecule has 10 heteroatoms. The molecule has 0 spiro atoms. The summed E-state index contributed by atoms with van der Waals surface area (Å²) in [6.45, 7) is 4.63. The molecule has 0 aliphatic carbocycles. The number of amides is 1. The molecule has 2 rings (SSSR count). The average molecular weight is 332 g/mol. The van der Waals surface area contributed by atoms with Crippen LogP contribution >= 0.6 is 0 Å². The first-order chi connectivity index (χ1) is 10.8. The van der Waals surface area contributed by atoms with Crippen LogP contribution in [-0.4, -0.2) is 71.4 Å². The van der Waals surface area contributed by atoms with E-state index in [0.29, 0.717) is 0 Å². The first-order valence-electron chi connectivity index (χ1n) is 7.15. The van der Waals surface area contributed by atoms with Gasteiger partial charge in [-0.05, 0) is 20.8 Å². The van der Waals surface area contributed by atoms with E-state index in [4.69, 9.17) is 19.4 Å². The predicted octanol–water partition coefficient (Wildman–Crippen LogP) is -1.27. The molecule has 1 amide bonds. The topological polar surface area (TPSA) is 136 Å². The van der Waals surface area contributed by atoms with Crippen molar-refractivity contribution in [1.82, 2.24) is 5.32 Å². The number of carbonyl (C=O) groups is 2. The van der Waals surface area contributed by atoms with Crippen molar-refractivity contribution in [3.05, 3.63) is 0 Å². The number of hydrogen-bond donors (Lipinski definition) is 3. The Labute approximate surface area is 132 Å². The van der Waals surface area contributed by atoms with Crippen LogP contribution in [0.5, 0.6) is 0 Å². The quantitative estimate of drug-likeness (QED) is 0.186. The van der Waals surface area contributed by atoms with Gasteiger partial charge >= 0.3 is 5.97 Å². The van der Waals surface area contributed by atoms with Crippen LogP contribution in [0.3, 0.4) is 0 Å². The summed E-state index contributed by atoms with van der Waals surface area (Å²) in [7, 11) is 0. The largest absolute Gasteiger partial charge is 0.461 e. The highest BCUT2D eigenvalue weighted by Crippen LogP contribution is 2.37. The van der Waals surface area contributed by atoms with Crippen molar-refractivity contribution in [2.24, 2.45) is 5.16 Å². The minimum Gasteiger partial charge on any atom is -0.461 e. The van der Waals surface area contributed by atoms with E-state index in [0.717, 1.165) is 0 Å². The fourth-order valence-corrected chi connectivity index (χ4v) is 2.52. The molecule has 130 valence electrons. The van der Waals surface area contributed by atoms with Crippen LogP contribution in [0.15, 0.2) is 5.16 Å². The van der Waals surface area contributed by atoms with Gasteiger partial charge in [-0.2, -0.15) is 0 Å². The number of nitrogens with one attached hydrogen (secondary N) is 1. The van der Waals surface area contributed by atoms with E-state index in [1.54, 1.807) is 20.8 Å². The van der Waals surface area contributed by atoms with Gasteiger partial charge in [0.05, 0.1) is 13.2 Å². The van der Waals surface area contributed by atoms with Crippen molar-refractivity contribution >= 4 is 17.6 Å². The van der Waals surface area contributed by atoms with Crippen molar-refractivity contribution in [1.29, 1.82) is 0 Å². The third kappa shape index (κ3) is 3.61. The SMILES string of the molecule is CCOC(=O)/C(=N/O)C(=O)NC1O[C@H](CO)[C@H]2OC(C)(C)O[C@@H]12. The van der Waals surface area contributed by atoms with Crippen LogP contribution in [0.1, 0.15) is 20.8 Å². The molecule has 2 aliphatic rings. The lowest BCUT2D eigenvalue weighted by atomic mass is 10.1. The van der Waals surface area contributed by atoms with Gasteiger partial charge in [0, 0.05) is 0 Å². The standard InChI is InChI=1S/C13H20N2O8/c1-4-20-12(18)7(15-19)10(17)14-11-9-8(6(5-16)21-11)22-13(2,3)23-9/h6,8-9,11,16,19H,4-5H2,1-3H3,(H,14,17)/b15-7+/t6-,8-,9-,11?/m1/s1. The maximum atomic E-state index is 12.0. The molecule has 2 aliphatic heterocycles. The molecule has 10 nitrogen and oxygen atoms in total. The highest BCUT2D eigenvalue weighted by Gasteiger charge is 2.55. The molecule has 0 saturated carbocycles. The van der Waals surface area contributed by atoms with Crippen molar-refractivity contribution in [2.75, 3.05) is 13.2 Å². The highest BCUT2D eigenvalue weighted by atomic mass is 16.8. The average Bonchev–Trinajstić information content (AvgIpc) is 2.94. The van der Waals surface area contributed by atoms with Crippen LogP contribution in [0.2, 0.25) is 0 Å². The second kappa shape index (κ2) is 6.79. The number of aliphatic hydroxyl groups is 1. The first kappa shape index (κ1) is 17.6. The molecular weight excluding hydrogens is 312 g/mol. The van der Waals surface area contributed by atoms with E-state index in [1.165, 1.54) is 0 Å². The van der Waals surface area contributed by atoms with Gasteiger partial charge in [-0.3, -0.25) is 4.79 Å². The normalized spacial score (nSPS) is 32.4. The van der Waals surface area contributed by atoms with E-state index < -0.39 is 47.9 Å². The number of esters is 1. The van der Waals surface area contributed by atoms with E-state index in [1.807, 2.05) is 0 Å². The zero-order valence-corrected chi connectivity index (χ0v) is 13.0. The van der Waals surface area contributed by atoms with Gasteiger partial charge in [0.25, 0.3) is 11.6 Å². The molecule has 2 heterocycles. The van der Waals surface area contributed by atoms with Gasteiger partial charge in [0.2, 0.25) is 0 Å². The highest BCUT2D eigenvalue weighted by molar-refractivity contribution is 6.63. The molecule has 0 bridgehead atoms. The summed E-state index contributed by atoms with van der Waals surface area (Å²) in [6, 6.07) is 0. The Morgan fingerprint density at radius 3 is 2.52 bits per heavy atom. The molecule has 1 unspecified atom stereocenters. The van der Waals surface area contributed by atoms with Crippen LogP contribution in [0, 0.1) is 0 Å². The second-order valence-corrected chi connectivity index (χ2v) is 5.49. The molecular formula is C13H20N2O8. The Bertz CT molecular complexity index is 506. The van der Waals surface area contributed by atoms with Gasteiger partial charge in [0.1, 0.15) is 18.3 Å². The number of rotatable bonds is 5. The van der Waals surface area contributed by atoms with Crippen molar-refractivity contribution in [2.45, 2.75) is 51.1 Å². The van der Waals surface area contributed by atoms with Crippen molar-refractivity contribution in [3.63, 3.8) is 0 Å². The fourth-order valence-electron chi connectivity index (χ4n) is 2.52. The lowest BCUT2D eigenvalue weighted by Crippen LogP contribution is -2.48. The summed E-state index contributed by atoms with van der Waals surface area (Å²) in [5.74, 6) is -2.95. The molecule has 2 fully saturated rings. The molecule has 0 aromatic rings. The molecule has 4 atom stereocenters. The maximum Gasteiger partial charge on any atom is 0.366 e. The Balaban J connectivity index is 2.07. The lowest BCUT2D eigenvalue weighted by Gasteiger charge is -2.23. The van der Waals surface area contributed by atoms with Crippen LogP contribution in [0.25, 0.3) is 0 Å². The minimum atomic E-state index is -1.07. The number of oxime groups is 1. The van der Waals surface area contributed by atoms with E-state index in [2.05, 4.69) is 15.2 Å². The monoisotopic (exact) mass is 332 g/mol.